The molecule has 0 amide bonds. The van der Waals surface area contributed by atoms with Crippen LogP contribution in [0.15, 0.2) is 95.0 Å². The molecule has 2 aromatic heterocycles. The number of thioether (sulfide) groups is 1. The monoisotopic (exact) mass is 487 g/mol. The summed E-state index contributed by atoms with van der Waals surface area (Å²) in [5, 5.41) is 1.36. The van der Waals surface area contributed by atoms with Gasteiger partial charge in [0.05, 0.1) is 13.7 Å². The summed E-state index contributed by atoms with van der Waals surface area (Å²) in [6.45, 7) is 0.390. The lowest BCUT2D eigenvalue weighted by Crippen LogP contribution is -2.24. The summed E-state index contributed by atoms with van der Waals surface area (Å²) in [5.41, 5.74) is 5.07. The Kier molecular flexibility index (Phi) is 6.43. The Hall–Kier alpha value is -3.48. The van der Waals surface area contributed by atoms with Gasteiger partial charge in [-0.15, -0.1) is 0 Å². The maximum absolute atomic E-state index is 13.6. The van der Waals surface area contributed by atoms with E-state index in [1.165, 1.54) is 11.8 Å². The van der Waals surface area contributed by atoms with Crippen LogP contribution in [0.3, 0.4) is 0 Å². The van der Waals surface area contributed by atoms with Crippen molar-refractivity contribution in [1.29, 1.82) is 0 Å². The molecule has 7 heteroatoms. The molecular formula is C27H22ClN3O2S. The van der Waals surface area contributed by atoms with Gasteiger partial charge in [0.1, 0.15) is 16.8 Å². The molecule has 2 heterocycles. The van der Waals surface area contributed by atoms with E-state index in [1.54, 1.807) is 11.7 Å². The van der Waals surface area contributed by atoms with Gasteiger partial charge < -0.3 is 9.72 Å². The van der Waals surface area contributed by atoms with Crippen LogP contribution in [0.2, 0.25) is 5.02 Å². The predicted octanol–water partition coefficient (Wildman–Crippen LogP) is 6.39. The molecule has 0 aliphatic heterocycles. The summed E-state index contributed by atoms with van der Waals surface area (Å²) in [7, 11) is 1.64. The predicted molar refractivity (Wildman–Crippen MR) is 139 cm³/mol. The zero-order valence-electron chi connectivity index (χ0n) is 18.5. The molecule has 5 aromatic rings. The minimum Gasteiger partial charge on any atom is -0.497 e. The number of nitrogens with zero attached hydrogens (tertiary/aromatic N) is 2. The van der Waals surface area contributed by atoms with Crippen LogP contribution in [0.1, 0.15) is 11.1 Å². The average Bonchev–Trinajstić information content (AvgIpc) is 3.30. The SMILES string of the molecule is COc1cccc(Cn2c(SCc3ccc(Cl)cc3)nc3c(-c4ccccc4)c[nH]c3c2=O)c1. The Bertz CT molecular complexity index is 1490. The van der Waals surface area contributed by atoms with Crippen LogP contribution in [0.4, 0.5) is 0 Å². The van der Waals surface area contributed by atoms with Crippen LogP contribution in [0.25, 0.3) is 22.2 Å². The standard InChI is InChI=1S/C27H22ClN3O2S/c1-33-22-9-5-6-19(14-22)16-31-26(32)25-24(23(15-29-25)20-7-3-2-4-8-20)30-27(31)34-17-18-10-12-21(28)13-11-18/h2-15,29H,16-17H2,1H3. The van der Waals surface area contributed by atoms with Crippen LogP contribution in [0.5, 0.6) is 5.75 Å². The molecule has 5 rings (SSSR count). The first-order valence-electron chi connectivity index (χ1n) is 10.8. The molecule has 170 valence electrons. The van der Waals surface area contributed by atoms with Crippen molar-refractivity contribution in [2.24, 2.45) is 0 Å². The fourth-order valence-corrected chi connectivity index (χ4v) is 4.92. The van der Waals surface area contributed by atoms with E-state index in [0.29, 0.717) is 33.5 Å². The van der Waals surface area contributed by atoms with Gasteiger partial charge >= 0.3 is 0 Å². The van der Waals surface area contributed by atoms with E-state index in [9.17, 15) is 4.79 Å². The number of methoxy groups -OCH3 is 1. The molecule has 0 radical (unpaired) electrons. The van der Waals surface area contributed by atoms with Crippen LogP contribution in [0, 0.1) is 0 Å². The Morgan fingerprint density at radius 3 is 2.56 bits per heavy atom. The van der Waals surface area contributed by atoms with Crippen molar-refractivity contribution in [2.45, 2.75) is 17.5 Å². The van der Waals surface area contributed by atoms with Crippen LogP contribution < -0.4 is 10.3 Å². The zero-order valence-corrected chi connectivity index (χ0v) is 20.1. The molecule has 0 spiro atoms. The molecule has 0 bridgehead atoms. The molecule has 0 unspecified atom stereocenters. The van der Waals surface area contributed by atoms with Gasteiger partial charge in [0.2, 0.25) is 0 Å². The number of halogens is 1. The third-order valence-electron chi connectivity index (χ3n) is 5.59. The lowest BCUT2D eigenvalue weighted by molar-refractivity contribution is 0.414. The molecule has 3 aromatic carbocycles. The summed E-state index contributed by atoms with van der Waals surface area (Å²) in [6, 6.07) is 25.4. The van der Waals surface area contributed by atoms with Crippen molar-refractivity contribution in [1.82, 2.24) is 14.5 Å². The third kappa shape index (κ3) is 4.60. The highest BCUT2D eigenvalue weighted by atomic mass is 35.5. The highest BCUT2D eigenvalue weighted by Crippen LogP contribution is 2.29. The highest BCUT2D eigenvalue weighted by molar-refractivity contribution is 7.98. The number of aromatic nitrogens is 3. The van der Waals surface area contributed by atoms with Crippen LogP contribution in [-0.2, 0) is 12.3 Å². The molecule has 0 saturated carbocycles. The Balaban J connectivity index is 1.60. The summed E-state index contributed by atoms with van der Waals surface area (Å²) >= 11 is 7.58. The van der Waals surface area contributed by atoms with Crippen molar-refractivity contribution in [3.8, 4) is 16.9 Å². The number of H-pyrrole nitrogens is 1. The highest BCUT2D eigenvalue weighted by Gasteiger charge is 2.17. The van der Waals surface area contributed by atoms with Gasteiger partial charge in [-0.2, -0.15) is 0 Å². The molecule has 0 atom stereocenters. The molecule has 0 aliphatic carbocycles. The number of rotatable bonds is 7. The lowest BCUT2D eigenvalue weighted by atomic mass is 10.1. The van der Waals surface area contributed by atoms with E-state index in [4.69, 9.17) is 21.3 Å². The summed E-state index contributed by atoms with van der Waals surface area (Å²) < 4.78 is 7.09. The van der Waals surface area contributed by atoms with E-state index in [-0.39, 0.29) is 5.56 Å². The second kappa shape index (κ2) is 9.79. The maximum Gasteiger partial charge on any atom is 0.278 e. The largest absolute Gasteiger partial charge is 0.497 e. The second-order valence-corrected chi connectivity index (χ2v) is 9.22. The molecule has 5 nitrogen and oxygen atoms in total. The summed E-state index contributed by atoms with van der Waals surface area (Å²) in [5.74, 6) is 1.42. The maximum atomic E-state index is 13.6. The first kappa shape index (κ1) is 22.3. The fourth-order valence-electron chi connectivity index (χ4n) is 3.84. The fraction of sp³-hybridized carbons (Fsp3) is 0.111. The minimum absolute atomic E-state index is 0.103. The number of ether oxygens (including phenoxy) is 1. The number of hydrogen-bond donors (Lipinski definition) is 1. The number of benzene rings is 3. The molecule has 1 N–H and O–H groups in total. The molecule has 0 fully saturated rings. The third-order valence-corrected chi connectivity index (χ3v) is 6.89. The van der Waals surface area contributed by atoms with E-state index < -0.39 is 0 Å². The van der Waals surface area contributed by atoms with Crippen LogP contribution in [-0.4, -0.2) is 21.6 Å². The van der Waals surface area contributed by atoms with E-state index >= 15 is 0 Å². The zero-order chi connectivity index (χ0) is 23.5. The summed E-state index contributed by atoms with van der Waals surface area (Å²) in [4.78, 5) is 21.8. The summed E-state index contributed by atoms with van der Waals surface area (Å²) in [6.07, 6.45) is 1.86. The van der Waals surface area contributed by atoms with E-state index in [2.05, 4.69) is 4.98 Å². The Labute approximate surface area is 206 Å². The molecular weight excluding hydrogens is 466 g/mol. The first-order valence-corrected chi connectivity index (χ1v) is 12.2. The topological polar surface area (TPSA) is 59.9 Å². The minimum atomic E-state index is -0.103. The van der Waals surface area contributed by atoms with Gasteiger partial charge in [0, 0.05) is 22.5 Å². The van der Waals surface area contributed by atoms with E-state index in [1.807, 2.05) is 85.1 Å². The van der Waals surface area contributed by atoms with Gasteiger partial charge in [-0.1, -0.05) is 78.0 Å². The van der Waals surface area contributed by atoms with Crippen LogP contribution >= 0.6 is 23.4 Å². The first-order chi connectivity index (χ1) is 16.6. The van der Waals surface area contributed by atoms with Gasteiger partial charge in [-0.05, 0) is 41.0 Å². The smallest absolute Gasteiger partial charge is 0.278 e. The number of aromatic amines is 1. The average molecular weight is 488 g/mol. The quantitative estimate of drug-likeness (QED) is 0.213. The Morgan fingerprint density at radius 2 is 1.79 bits per heavy atom. The van der Waals surface area contributed by atoms with Crippen molar-refractivity contribution in [3.05, 3.63) is 112 Å². The second-order valence-electron chi connectivity index (χ2n) is 7.84. The van der Waals surface area contributed by atoms with Crippen molar-refractivity contribution < 1.29 is 4.74 Å². The van der Waals surface area contributed by atoms with Crippen molar-refractivity contribution >= 4 is 34.4 Å². The number of nitrogens with one attached hydrogen (secondary N) is 1. The van der Waals surface area contributed by atoms with Gasteiger partial charge in [0.25, 0.3) is 5.56 Å². The molecule has 34 heavy (non-hydrogen) atoms. The normalized spacial score (nSPS) is 11.1. The van der Waals surface area contributed by atoms with Crippen molar-refractivity contribution in [2.75, 3.05) is 7.11 Å². The number of hydrogen-bond acceptors (Lipinski definition) is 4. The Morgan fingerprint density at radius 1 is 1.00 bits per heavy atom. The van der Waals surface area contributed by atoms with Gasteiger partial charge in [-0.3, -0.25) is 9.36 Å². The molecule has 0 aliphatic rings. The van der Waals surface area contributed by atoms with Gasteiger partial charge in [0.15, 0.2) is 5.16 Å². The molecule has 0 saturated heterocycles. The van der Waals surface area contributed by atoms with Crippen molar-refractivity contribution in [3.63, 3.8) is 0 Å². The number of fused-ring (bicyclic) bond motifs is 1. The van der Waals surface area contributed by atoms with E-state index in [0.717, 1.165) is 28.0 Å². The lowest BCUT2D eigenvalue weighted by Gasteiger charge is -2.13. The van der Waals surface area contributed by atoms with Gasteiger partial charge in [-0.25, -0.2) is 4.98 Å².